The van der Waals surface area contributed by atoms with E-state index in [9.17, 15) is 0 Å². The van der Waals surface area contributed by atoms with Gasteiger partial charge in [-0.05, 0) is 37.6 Å². The number of nitrogens with zero attached hydrogens (tertiary/aromatic N) is 2. The van der Waals surface area contributed by atoms with Gasteiger partial charge >= 0.3 is 0 Å². The topological polar surface area (TPSA) is 88.3 Å². The van der Waals surface area contributed by atoms with E-state index in [1.54, 1.807) is 7.11 Å². The Bertz CT molecular complexity index is 882. The molecule has 0 radical (unpaired) electrons. The van der Waals surface area contributed by atoms with E-state index in [1.165, 1.54) is 0 Å². The molecule has 0 atom stereocenters. The standard InChI is InChI=1S/C17H19N5O/c1-10-8-9-13-16(22-17(18)21-13)15(10)20-11(2)19-12-6-4-5-7-14(12)23-3/h4-9H,1-3H3,(H,19,20)(H3,18,21,22). The minimum atomic E-state index is 0.386. The predicted octanol–water partition coefficient (Wildman–Crippen LogP) is 3.62. The molecule has 0 saturated carbocycles. The summed E-state index contributed by atoms with van der Waals surface area (Å²) >= 11 is 0. The Hall–Kier alpha value is -3.02. The van der Waals surface area contributed by atoms with Gasteiger partial charge in [-0.25, -0.2) is 9.98 Å². The van der Waals surface area contributed by atoms with Crippen molar-refractivity contribution in [3.8, 4) is 5.75 Å². The Labute approximate surface area is 134 Å². The lowest BCUT2D eigenvalue weighted by Gasteiger charge is -2.11. The molecule has 1 aromatic heterocycles. The number of nitrogens with two attached hydrogens (primary N) is 1. The normalized spacial score (nSPS) is 11.7. The molecule has 6 heteroatoms. The molecule has 3 rings (SSSR count). The van der Waals surface area contributed by atoms with Crippen LogP contribution in [0.2, 0.25) is 0 Å². The van der Waals surface area contributed by atoms with Crippen LogP contribution in [0.25, 0.3) is 11.0 Å². The van der Waals surface area contributed by atoms with Crippen LogP contribution in [0.4, 0.5) is 17.3 Å². The average molecular weight is 309 g/mol. The van der Waals surface area contributed by atoms with Crippen molar-refractivity contribution in [2.24, 2.45) is 4.99 Å². The lowest BCUT2D eigenvalue weighted by Crippen LogP contribution is -2.08. The highest BCUT2D eigenvalue weighted by Gasteiger charge is 2.09. The zero-order valence-electron chi connectivity index (χ0n) is 13.3. The molecule has 0 fully saturated rings. The van der Waals surface area contributed by atoms with Crippen molar-refractivity contribution in [1.29, 1.82) is 0 Å². The minimum Gasteiger partial charge on any atom is -0.495 e. The fraction of sp³-hybridized carbons (Fsp3) is 0.176. The summed E-state index contributed by atoms with van der Waals surface area (Å²) in [4.78, 5) is 12.0. The molecule has 0 aliphatic rings. The molecule has 23 heavy (non-hydrogen) atoms. The molecule has 4 N–H and O–H groups in total. The van der Waals surface area contributed by atoms with Crippen LogP contribution in [0.15, 0.2) is 41.4 Å². The molecule has 3 aromatic rings. The molecule has 1 heterocycles. The third kappa shape index (κ3) is 2.96. The molecule has 6 nitrogen and oxygen atoms in total. The molecule has 2 aromatic carbocycles. The number of fused-ring (bicyclic) bond motifs is 1. The van der Waals surface area contributed by atoms with E-state index in [-0.39, 0.29) is 0 Å². The number of rotatable bonds is 3. The number of methoxy groups -OCH3 is 1. The van der Waals surface area contributed by atoms with E-state index in [0.29, 0.717) is 5.95 Å². The van der Waals surface area contributed by atoms with Crippen molar-refractivity contribution in [2.75, 3.05) is 18.2 Å². The van der Waals surface area contributed by atoms with E-state index >= 15 is 0 Å². The van der Waals surface area contributed by atoms with Crippen LogP contribution in [0.3, 0.4) is 0 Å². The maximum atomic E-state index is 5.75. The van der Waals surface area contributed by atoms with E-state index < -0.39 is 0 Å². The minimum absolute atomic E-state index is 0.386. The molecule has 0 bridgehead atoms. The van der Waals surface area contributed by atoms with Crippen LogP contribution < -0.4 is 15.8 Å². The lowest BCUT2D eigenvalue weighted by molar-refractivity contribution is 0.417. The van der Waals surface area contributed by atoms with Gasteiger partial charge in [0.2, 0.25) is 0 Å². The summed E-state index contributed by atoms with van der Waals surface area (Å²) in [5.74, 6) is 1.89. The number of nitrogens with one attached hydrogen (secondary N) is 2. The Morgan fingerprint density at radius 3 is 2.83 bits per heavy atom. The molecule has 0 aliphatic heterocycles. The van der Waals surface area contributed by atoms with Gasteiger partial charge in [0.15, 0.2) is 5.95 Å². The van der Waals surface area contributed by atoms with Gasteiger partial charge in [0.1, 0.15) is 17.1 Å². The second-order valence-electron chi connectivity index (χ2n) is 5.27. The van der Waals surface area contributed by atoms with Crippen molar-refractivity contribution in [1.82, 2.24) is 9.97 Å². The fourth-order valence-electron chi connectivity index (χ4n) is 2.46. The number of H-pyrrole nitrogens is 1. The maximum Gasteiger partial charge on any atom is 0.198 e. The number of amidine groups is 1. The Morgan fingerprint density at radius 1 is 1.26 bits per heavy atom. The first-order chi connectivity index (χ1) is 11.1. The van der Waals surface area contributed by atoms with Crippen LogP contribution in [0, 0.1) is 6.92 Å². The smallest absolute Gasteiger partial charge is 0.198 e. The molecule has 0 amide bonds. The number of imidazole rings is 1. The summed E-state index contributed by atoms with van der Waals surface area (Å²) in [6.07, 6.45) is 0. The highest BCUT2D eigenvalue weighted by Crippen LogP contribution is 2.29. The van der Waals surface area contributed by atoms with Crippen LogP contribution in [0.1, 0.15) is 12.5 Å². The Kier molecular flexibility index (Phi) is 3.89. The number of hydrogen-bond donors (Lipinski definition) is 3. The van der Waals surface area contributed by atoms with Crippen molar-refractivity contribution >= 4 is 34.2 Å². The summed E-state index contributed by atoms with van der Waals surface area (Å²) in [5, 5.41) is 3.26. The van der Waals surface area contributed by atoms with Gasteiger partial charge in [-0.2, -0.15) is 0 Å². The van der Waals surface area contributed by atoms with Crippen molar-refractivity contribution < 1.29 is 4.74 Å². The number of hydrogen-bond acceptors (Lipinski definition) is 4. The molecular formula is C17H19N5O. The quantitative estimate of drug-likeness (QED) is 0.509. The van der Waals surface area contributed by atoms with Crippen LogP contribution in [0.5, 0.6) is 5.75 Å². The molecule has 0 unspecified atom stereocenters. The van der Waals surface area contributed by atoms with Crippen LogP contribution in [-0.4, -0.2) is 22.9 Å². The first-order valence-electron chi connectivity index (χ1n) is 7.28. The van der Waals surface area contributed by atoms with E-state index in [0.717, 1.165) is 39.6 Å². The summed E-state index contributed by atoms with van der Waals surface area (Å²) in [5.41, 5.74) is 10.1. The van der Waals surface area contributed by atoms with Crippen molar-refractivity contribution in [3.05, 3.63) is 42.0 Å². The lowest BCUT2D eigenvalue weighted by atomic mass is 10.2. The SMILES string of the molecule is COc1ccccc1NC(C)=Nc1c(C)ccc2[nH]c(N)nc12. The van der Waals surface area contributed by atoms with Gasteiger partial charge in [0.25, 0.3) is 0 Å². The molecule has 0 aliphatic carbocycles. The van der Waals surface area contributed by atoms with Gasteiger partial charge in [-0.3, -0.25) is 0 Å². The van der Waals surface area contributed by atoms with E-state index in [2.05, 4.69) is 20.3 Å². The van der Waals surface area contributed by atoms with Gasteiger partial charge in [-0.1, -0.05) is 18.2 Å². The van der Waals surface area contributed by atoms with Crippen molar-refractivity contribution in [3.63, 3.8) is 0 Å². The molecule has 0 saturated heterocycles. The monoisotopic (exact) mass is 309 g/mol. The third-order valence-corrected chi connectivity index (χ3v) is 3.55. The van der Waals surface area contributed by atoms with E-state index in [1.807, 2.05) is 50.2 Å². The first kappa shape index (κ1) is 14.9. The fourth-order valence-corrected chi connectivity index (χ4v) is 2.46. The van der Waals surface area contributed by atoms with Crippen molar-refractivity contribution in [2.45, 2.75) is 13.8 Å². The number of nitrogen functional groups attached to an aromatic ring is 1. The summed E-state index contributed by atoms with van der Waals surface area (Å²) in [6, 6.07) is 11.7. The third-order valence-electron chi connectivity index (χ3n) is 3.55. The summed E-state index contributed by atoms with van der Waals surface area (Å²) in [6.45, 7) is 3.90. The number of aryl methyl sites for hydroxylation is 1. The Balaban J connectivity index is 1.99. The molecule has 118 valence electrons. The van der Waals surface area contributed by atoms with Gasteiger partial charge < -0.3 is 20.8 Å². The first-order valence-corrected chi connectivity index (χ1v) is 7.28. The van der Waals surface area contributed by atoms with Gasteiger partial charge in [-0.15, -0.1) is 0 Å². The number of aliphatic imine (C=N–C) groups is 1. The number of aromatic amines is 1. The second kappa shape index (κ2) is 6.00. The zero-order chi connectivity index (χ0) is 16.4. The second-order valence-corrected chi connectivity index (χ2v) is 5.27. The zero-order valence-corrected chi connectivity index (χ0v) is 13.3. The summed E-state index contributed by atoms with van der Waals surface area (Å²) in [7, 11) is 1.64. The molecular weight excluding hydrogens is 290 g/mol. The predicted molar refractivity (Wildman–Crippen MR) is 94.6 cm³/mol. The number of ether oxygens (including phenoxy) is 1. The Morgan fingerprint density at radius 2 is 2.04 bits per heavy atom. The van der Waals surface area contributed by atoms with Gasteiger partial charge in [0, 0.05) is 0 Å². The van der Waals surface area contributed by atoms with Crippen LogP contribution in [-0.2, 0) is 0 Å². The highest BCUT2D eigenvalue weighted by molar-refractivity contribution is 6.00. The van der Waals surface area contributed by atoms with Crippen LogP contribution >= 0.6 is 0 Å². The maximum absolute atomic E-state index is 5.75. The van der Waals surface area contributed by atoms with Gasteiger partial charge in [0.05, 0.1) is 24.0 Å². The average Bonchev–Trinajstić information content (AvgIpc) is 2.91. The highest BCUT2D eigenvalue weighted by atomic mass is 16.5. The number of benzene rings is 2. The molecule has 0 spiro atoms. The number of para-hydroxylation sites is 2. The summed E-state index contributed by atoms with van der Waals surface area (Å²) < 4.78 is 5.34. The largest absolute Gasteiger partial charge is 0.495 e. The van der Waals surface area contributed by atoms with E-state index in [4.69, 9.17) is 10.5 Å². The number of anilines is 2. The number of aromatic nitrogens is 2.